The molecule has 1 N–H and O–H groups in total. The summed E-state index contributed by atoms with van der Waals surface area (Å²) < 4.78 is 5.24. The summed E-state index contributed by atoms with van der Waals surface area (Å²) in [5.41, 5.74) is 4.72. The number of hydrogen-bond donors (Lipinski definition) is 1. The Labute approximate surface area is 161 Å². The van der Waals surface area contributed by atoms with Crippen molar-refractivity contribution in [1.29, 1.82) is 0 Å². The topological polar surface area (TPSA) is 24.5 Å². The minimum Gasteiger partial charge on any atom is -0.497 e. The molecule has 0 saturated carbocycles. The van der Waals surface area contributed by atoms with Crippen molar-refractivity contribution in [2.75, 3.05) is 19.0 Å². The Hall–Kier alpha value is -3.04. The summed E-state index contributed by atoms with van der Waals surface area (Å²) in [7, 11) is 1.68. The van der Waals surface area contributed by atoms with E-state index in [4.69, 9.17) is 4.74 Å². The lowest BCUT2D eigenvalue weighted by Crippen LogP contribution is -2.23. The summed E-state index contributed by atoms with van der Waals surface area (Å²) in [4.78, 5) is 2.39. The average molecular weight is 358 g/mol. The molecule has 0 fully saturated rings. The van der Waals surface area contributed by atoms with Crippen LogP contribution in [0.4, 0.5) is 11.4 Å². The number of para-hydroxylation sites is 1. The van der Waals surface area contributed by atoms with Gasteiger partial charge in [0, 0.05) is 31.0 Å². The first-order valence-electron chi connectivity index (χ1n) is 9.14. The predicted octanol–water partition coefficient (Wildman–Crippen LogP) is 5.63. The van der Waals surface area contributed by atoms with Gasteiger partial charge in [-0.1, -0.05) is 54.6 Å². The van der Waals surface area contributed by atoms with Crippen LogP contribution in [0, 0.1) is 0 Å². The number of hydrogen-bond acceptors (Lipinski definition) is 3. The van der Waals surface area contributed by atoms with E-state index in [-0.39, 0.29) is 0 Å². The van der Waals surface area contributed by atoms with E-state index in [1.807, 2.05) is 30.3 Å². The number of nitrogens with one attached hydrogen (secondary N) is 1. The van der Waals surface area contributed by atoms with Crippen molar-refractivity contribution in [3.8, 4) is 5.75 Å². The highest BCUT2D eigenvalue weighted by molar-refractivity contribution is 5.63. The normalized spacial score (nSPS) is 10.6. The molecule has 3 aromatic rings. The van der Waals surface area contributed by atoms with Crippen LogP contribution < -0.4 is 10.1 Å². The zero-order chi connectivity index (χ0) is 18.9. The fraction of sp³-hybridized carbons (Fsp3) is 0.167. The zero-order valence-corrected chi connectivity index (χ0v) is 15.8. The second-order valence-electron chi connectivity index (χ2n) is 6.45. The molecule has 0 aliphatic carbocycles. The van der Waals surface area contributed by atoms with Crippen LogP contribution in [0.2, 0.25) is 0 Å². The molecular weight excluding hydrogens is 332 g/mol. The van der Waals surface area contributed by atoms with Crippen molar-refractivity contribution in [3.63, 3.8) is 0 Å². The Kier molecular flexibility index (Phi) is 6.66. The summed E-state index contributed by atoms with van der Waals surface area (Å²) in [6.07, 6.45) is 1.96. The van der Waals surface area contributed by atoms with Crippen LogP contribution in [0.25, 0.3) is 0 Å². The second kappa shape index (κ2) is 9.60. The number of rotatable bonds is 9. The summed E-state index contributed by atoms with van der Waals surface area (Å²) >= 11 is 0. The monoisotopic (exact) mass is 358 g/mol. The van der Waals surface area contributed by atoms with E-state index < -0.39 is 0 Å². The molecule has 138 valence electrons. The standard InChI is InChI=1S/C24H26N2O/c1-3-17-26(18-20-9-5-4-6-10-20)19-21-11-7-8-12-24(21)25-22-13-15-23(27-2)16-14-22/h3-16,25H,1,17-19H2,2H3. The first-order valence-corrected chi connectivity index (χ1v) is 9.14. The lowest BCUT2D eigenvalue weighted by Gasteiger charge is -2.23. The molecule has 0 saturated heterocycles. The lowest BCUT2D eigenvalue weighted by molar-refractivity contribution is 0.286. The fourth-order valence-electron chi connectivity index (χ4n) is 3.06. The number of ether oxygens (including phenoxy) is 1. The minimum absolute atomic E-state index is 0.839. The maximum absolute atomic E-state index is 5.24. The minimum atomic E-state index is 0.839. The summed E-state index contributed by atoms with van der Waals surface area (Å²) in [5.74, 6) is 0.855. The molecule has 0 aromatic heterocycles. The molecule has 27 heavy (non-hydrogen) atoms. The Balaban J connectivity index is 1.75. The zero-order valence-electron chi connectivity index (χ0n) is 15.8. The Morgan fingerprint density at radius 3 is 2.30 bits per heavy atom. The van der Waals surface area contributed by atoms with E-state index in [0.717, 1.165) is 36.8 Å². The largest absolute Gasteiger partial charge is 0.497 e. The molecule has 3 nitrogen and oxygen atoms in total. The highest BCUT2D eigenvalue weighted by atomic mass is 16.5. The first kappa shape index (κ1) is 18.7. The highest BCUT2D eigenvalue weighted by Crippen LogP contribution is 2.24. The lowest BCUT2D eigenvalue weighted by atomic mass is 10.1. The third kappa shape index (κ3) is 5.47. The summed E-state index contributed by atoms with van der Waals surface area (Å²) in [5, 5.41) is 3.53. The maximum Gasteiger partial charge on any atom is 0.119 e. The van der Waals surface area contributed by atoms with Gasteiger partial charge >= 0.3 is 0 Å². The van der Waals surface area contributed by atoms with Gasteiger partial charge in [-0.15, -0.1) is 6.58 Å². The van der Waals surface area contributed by atoms with Gasteiger partial charge in [-0.05, 0) is 41.5 Å². The molecule has 0 aliphatic rings. The van der Waals surface area contributed by atoms with Gasteiger partial charge in [0.1, 0.15) is 5.75 Å². The van der Waals surface area contributed by atoms with E-state index in [2.05, 4.69) is 71.4 Å². The SMILES string of the molecule is C=CCN(Cc1ccccc1)Cc1ccccc1Nc1ccc(OC)cc1. The number of anilines is 2. The van der Waals surface area contributed by atoms with Crippen molar-refractivity contribution >= 4 is 11.4 Å². The molecule has 3 aromatic carbocycles. The van der Waals surface area contributed by atoms with Gasteiger partial charge in [-0.25, -0.2) is 0 Å². The molecule has 0 bridgehead atoms. The predicted molar refractivity (Wildman–Crippen MR) is 113 cm³/mol. The van der Waals surface area contributed by atoms with Crippen LogP contribution >= 0.6 is 0 Å². The van der Waals surface area contributed by atoms with Crippen LogP contribution in [0.3, 0.4) is 0 Å². The van der Waals surface area contributed by atoms with Crippen LogP contribution in [-0.2, 0) is 13.1 Å². The summed E-state index contributed by atoms with van der Waals surface area (Å²) in [6, 6.07) is 27.0. The van der Waals surface area contributed by atoms with Crippen molar-refractivity contribution in [2.24, 2.45) is 0 Å². The van der Waals surface area contributed by atoms with Gasteiger partial charge in [0.05, 0.1) is 7.11 Å². The number of benzene rings is 3. The van der Waals surface area contributed by atoms with E-state index in [1.165, 1.54) is 11.1 Å². The van der Waals surface area contributed by atoms with Gasteiger partial charge < -0.3 is 10.1 Å². The molecule has 3 rings (SSSR count). The Bertz CT molecular complexity index is 844. The molecule has 3 heteroatoms. The van der Waals surface area contributed by atoms with Gasteiger partial charge in [-0.2, -0.15) is 0 Å². The fourth-order valence-corrected chi connectivity index (χ4v) is 3.06. The van der Waals surface area contributed by atoms with Crippen LogP contribution in [-0.4, -0.2) is 18.6 Å². The summed E-state index contributed by atoms with van der Waals surface area (Å²) in [6.45, 7) is 6.50. The maximum atomic E-state index is 5.24. The van der Waals surface area contributed by atoms with Crippen LogP contribution in [0.1, 0.15) is 11.1 Å². The van der Waals surface area contributed by atoms with E-state index >= 15 is 0 Å². The number of methoxy groups -OCH3 is 1. The van der Waals surface area contributed by atoms with E-state index in [9.17, 15) is 0 Å². The molecule has 0 spiro atoms. The van der Waals surface area contributed by atoms with Crippen LogP contribution in [0.5, 0.6) is 5.75 Å². The van der Waals surface area contributed by atoms with E-state index in [0.29, 0.717) is 0 Å². The molecule has 0 amide bonds. The van der Waals surface area contributed by atoms with Crippen molar-refractivity contribution in [3.05, 3.63) is 103 Å². The van der Waals surface area contributed by atoms with E-state index in [1.54, 1.807) is 7.11 Å². The molecular formula is C24H26N2O. The molecule has 0 aliphatic heterocycles. The van der Waals surface area contributed by atoms with Gasteiger partial charge in [0.2, 0.25) is 0 Å². The average Bonchev–Trinajstić information content (AvgIpc) is 2.71. The van der Waals surface area contributed by atoms with Gasteiger partial charge in [-0.3, -0.25) is 4.90 Å². The second-order valence-corrected chi connectivity index (χ2v) is 6.45. The van der Waals surface area contributed by atoms with Crippen molar-refractivity contribution < 1.29 is 4.74 Å². The van der Waals surface area contributed by atoms with Gasteiger partial charge in [0.15, 0.2) is 0 Å². The third-order valence-corrected chi connectivity index (χ3v) is 4.42. The van der Waals surface area contributed by atoms with Crippen LogP contribution in [0.15, 0.2) is 91.5 Å². The highest BCUT2D eigenvalue weighted by Gasteiger charge is 2.09. The van der Waals surface area contributed by atoms with Crippen molar-refractivity contribution in [1.82, 2.24) is 4.90 Å². The Morgan fingerprint density at radius 1 is 0.889 bits per heavy atom. The van der Waals surface area contributed by atoms with Crippen molar-refractivity contribution in [2.45, 2.75) is 13.1 Å². The molecule has 0 radical (unpaired) electrons. The smallest absolute Gasteiger partial charge is 0.119 e. The quantitative estimate of drug-likeness (QED) is 0.502. The molecule has 0 heterocycles. The third-order valence-electron chi connectivity index (χ3n) is 4.42. The number of nitrogens with zero attached hydrogens (tertiary/aromatic N) is 1. The first-order chi connectivity index (χ1) is 13.3. The molecule has 0 unspecified atom stereocenters. The molecule has 0 atom stereocenters. The Morgan fingerprint density at radius 2 is 1.59 bits per heavy atom. The van der Waals surface area contributed by atoms with Gasteiger partial charge in [0.25, 0.3) is 0 Å².